The average Bonchev–Trinajstić information content (AvgIpc) is 2.16. The normalized spacial score (nSPS) is 10.3. The Bertz CT molecular complexity index is 587. The van der Waals surface area contributed by atoms with Crippen LogP contribution in [0.4, 0.5) is 0 Å². The van der Waals surface area contributed by atoms with E-state index in [2.05, 4.69) is 4.98 Å². The largest absolute Gasteiger partial charge is 0.264 e. The second-order valence-electron chi connectivity index (χ2n) is 2.93. The molecule has 0 radical (unpaired) electrons. The monoisotopic (exact) mass is 280 g/mol. The summed E-state index contributed by atoms with van der Waals surface area (Å²) in [5.41, 5.74) is 0. The number of sulfonamides is 1. The Kier molecular flexibility index (Phi) is 5.15. The van der Waals surface area contributed by atoms with Crippen molar-refractivity contribution >= 4 is 45.6 Å². The maximum Gasteiger partial charge on any atom is 0.238 e. The predicted molar refractivity (Wildman–Crippen MR) is 67.6 cm³/mol. The van der Waals surface area contributed by atoms with Crippen LogP contribution in [0.25, 0.3) is 10.8 Å². The molecular formula is C9H10Cl2N2O2S. The summed E-state index contributed by atoms with van der Waals surface area (Å²) < 4.78 is 22.1. The molecule has 0 bridgehead atoms. The minimum atomic E-state index is -3.61. The van der Waals surface area contributed by atoms with Crippen molar-refractivity contribution in [1.29, 1.82) is 0 Å². The number of primary sulfonamides is 1. The van der Waals surface area contributed by atoms with Gasteiger partial charge in [0.1, 0.15) is 0 Å². The fraction of sp³-hybridized carbons (Fsp3) is 0. The van der Waals surface area contributed by atoms with Crippen molar-refractivity contribution in [2.24, 2.45) is 5.14 Å². The van der Waals surface area contributed by atoms with Crippen LogP contribution < -0.4 is 5.14 Å². The minimum absolute atomic E-state index is 0. The van der Waals surface area contributed by atoms with Crippen molar-refractivity contribution < 1.29 is 8.42 Å². The Hall–Kier alpha value is -0.880. The van der Waals surface area contributed by atoms with Crippen molar-refractivity contribution in [3.63, 3.8) is 0 Å². The molecule has 4 nitrogen and oxygen atoms in total. The molecule has 7 heteroatoms. The van der Waals surface area contributed by atoms with Crippen LogP contribution in [0.3, 0.4) is 0 Å². The first-order valence-corrected chi connectivity index (χ1v) is 5.48. The van der Waals surface area contributed by atoms with Crippen LogP contribution in [0.5, 0.6) is 0 Å². The Morgan fingerprint density at radius 2 is 1.75 bits per heavy atom. The first-order chi connectivity index (χ1) is 6.57. The molecule has 2 rings (SSSR count). The van der Waals surface area contributed by atoms with Gasteiger partial charge in [0, 0.05) is 17.8 Å². The van der Waals surface area contributed by atoms with Crippen molar-refractivity contribution in [2.75, 3.05) is 0 Å². The van der Waals surface area contributed by atoms with Gasteiger partial charge in [0.15, 0.2) is 0 Å². The minimum Gasteiger partial charge on any atom is -0.264 e. The highest BCUT2D eigenvalue weighted by molar-refractivity contribution is 7.89. The fourth-order valence-electron chi connectivity index (χ4n) is 1.24. The first kappa shape index (κ1) is 15.1. The Balaban J connectivity index is 0.00000112. The summed E-state index contributed by atoms with van der Waals surface area (Å²) in [7, 11) is -3.61. The number of benzene rings is 1. The molecule has 0 fully saturated rings. The lowest BCUT2D eigenvalue weighted by Gasteiger charge is -2.00. The molecule has 0 atom stereocenters. The van der Waals surface area contributed by atoms with E-state index in [-0.39, 0.29) is 29.7 Å². The van der Waals surface area contributed by atoms with Crippen molar-refractivity contribution in [1.82, 2.24) is 4.98 Å². The number of aromatic nitrogens is 1. The van der Waals surface area contributed by atoms with Crippen LogP contribution in [0.1, 0.15) is 0 Å². The van der Waals surface area contributed by atoms with E-state index in [1.165, 1.54) is 12.1 Å². The number of nitrogens with zero attached hydrogens (tertiary/aromatic N) is 1. The third-order valence-electron chi connectivity index (χ3n) is 1.94. The molecule has 1 heterocycles. The summed E-state index contributed by atoms with van der Waals surface area (Å²) in [5, 5.41) is 6.70. The molecule has 0 aliphatic heterocycles. The van der Waals surface area contributed by atoms with Gasteiger partial charge in [-0.25, -0.2) is 13.6 Å². The maximum atomic E-state index is 11.0. The Morgan fingerprint density at radius 1 is 1.06 bits per heavy atom. The highest BCUT2D eigenvalue weighted by Gasteiger charge is 2.07. The van der Waals surface area contributed by atoms with Crippen LogP contribution in [-0.4, -0.2) is 13.4 Å². The van der Waals surface area contributed by atoms with E-state index in [9.17, 15) is 8.42 Å². The quantitative estimate of drug-likeness (QED) is 0.865. The van der Waals surface area contributed by atoms with E-state index in [4.69, 9.17) is 5.14 Å². The summed E-state index contributed by atoms with van der Waals surface area (Å²) in [6.07, 6.45) is 3.28. The number of fused-ring (bicyclic) bond motifs is 1. The van der Waals surface area contributed by atoms with E-state index < -0.39 is 10.0 Å². The van der Waals surface area contributed by atoms with Gasteiger partial charge >= 0.3 is 0 Å². The third-order valence-corrected chi connectivity index (χ3v) is 2.85. The van der Waals surface area contributed by atoms with Gasteiger partial charge < -0.3 is 0 Å². The second kappa shape index (κ2) is 5.45. The smallest absolute Gasteiger partial charge is 0.238 e. The fourth-order valence-corrected chi connectivity index (χ4v) is 1.79. The molecule has 0 spiro atoms. The molecule has 0 saturated heterocycles. The SMILES string of the molecule is Cl.Cl.NS(=O)(=O)c1ccc2cnccc2c1. The van der Waals surface area contributed by atoms with Crippen LogP contribution in [0, 0.1) is 0 Å². The van der Waals surface area contributed by atoms with Crippen LogP contribution >= 0.6 is 24.8 Å². The molecule has 16 heavy (non-hydrogen) atoms. The van der Waals surface area contributed by atoms with Gasteiger partial charge in [0.25, 0.3) is 0 Å². The van der Waals surface area contributed by atoms with Crippen molar-refractivity contribution in [2.45, 2.75) is 4.90 Å². The number of rotatable bonds is 1. The maximum absolute atomic E-state index is 11.0. The highest BCUT2D eigenvalue weighted by atomic mass is 35.5. The Morgan fingerprint density at radius 3 is 2.38 bits per heavy atom. The molecule has 1 aromatic carbocycles. The van der Waals surface area contributed by atoms with Crippen LogP contribution in [-0.2, 0) is 10.0 Å². The molecule has 0 saturated carbocycles. The summed E-state index contributed by atoms with van der Waals surface area (Å²) >= 11 is 0. The zero-order valence-corrected chi connectivity index (χ0v) is 10.5. The summed E-state index contributed by atoms with van der Waals surface area (Å²) in [4.78, 5) is 4.05. The van der Waals surface area contributed by atoms with Gasteiger partial charge in [-0.1, -0.05) is 6.07 Å². The lowest BCUT2D eigenvalue weighted by Crippen LogP contribution is -2.11. The van der Waals surface area contributed by atoms with Gasteiger partial charge in [0.2, 0.25) is 10.0 Å². The van der Waals surface area contributed by atoms with Gasteiger partial charge in [-0.05, 0) is 23.6 Å². The zero-order valence-electron chi connectivity index (χ0n) is 8.03. The third kappa shape index (κ3) is 3.05. The van der Waals surface area contributed by atoms with Gasteiger partial charge in [-0.15, -0.1) is 24.8 Å². The van der Waals surface area contributed by atoms with Crippen LogP contribution in [0.2, 0.25) is 0 Å². The lowest BCUT2D eigenvalue weighted by molar-refractivity contribution is 0.598. The molecule has 2 N–H and O–H groups in total. The van der Waals surface area contributed by atoms with E-state index in [0.717, 1.165) is 10.8 Å². The standard InChI is InChI=1S/C9H8N2O2S.2ClH/c10-14(12,13)9-2-1-8-6-11-4-3-7(8)5-9;;/h1-6H,(H2,10,12,13);2*1H. The summed E-state index contributed by atoms with van der Waals surface area (Å²) in [5.74, 6) is 0. The number of halogens is 2. The van der Waals surface area contributed by atoms with E-state index in [0.29, 0.717) is 0 Å². The summed E-state index contributed by atoms with van der Waals surface area (Å²) in [6.45, 7) is 0. The predicted octanol–water partition coefficient (Wildman–Crippen LogP) is 1.73. The molecule has 88 valence electrons. The first-order valence-electron chi connectivity index (χ1n) is 3.94. The molecular weight excluding hydrogens is 271 g/mol. The van der Waals surface area contributed by atoms with Gasteiger partial charge in [-0.3, -0.25) is 4.98 Å². The molecule has 0 unspecified atom stereocenters. The Labute approximate surface area is 106 Å². The molecule has 0 amide bonds. The topological polar surface area (TPSA) is 73.1 Å². The molecule has 0 aliphatic carbocycles. The van der Waals surface area contributed by atoms with Crippen molar-refractivity contribution in [3.8, 4) is 0 Å². The van der Waals surface area contributed by atoms with E-state index in [1.54, 1.807) is 24.5 Å². The zero-order chi connectivity index (χ0) is 10.2. The second-order valence-corrected chi connectivity index (χ2v) is 4.49. The van der Waals surface area contributed by atoms with Crippen molar-refractivity contribution in [3.05, 3.63) is 36.7 Å². The number of nitrogens with two attached hydrogens (primary N) is 1. The number of pyridine rings is 1. The number of hydrogen-bond donors (Lipinski definition) is 1. The molecule has 1 aromatic heterocycles. The molecule has 0 aliphatic rings. The van der Waals surface area contributed by atoms with E-state index >= 15 is 0 Å². The van der Waals surface area contributed by atoms with Gasteiger partial charge in [-0.2, -0.15) is 0 Å². The highest BCUT2D eigenvalue weighted by Crippen LogP contribution is 2.16. The number of hydrogen-bond acceptors (Lipinski definition) is 3. The van der Waals surface area contributed by atoms with E-state index in [1.807, 2.05) is 0 Å². The average molecular weight is 281 g/mol. The molecule has 2 aromatic rings. The lowest BCUT2D eigenvalue weighted by atomic mass is 10.2. The summed E-state index contributed by atoms with van der Waals surface area (Å²) in [6, 6.07) is 6.43. The van der Waals surface area contributed by atoms with Gasteiger partial charge in [0.05, 0.1) is 4.90 Å². The van der Waals surface area contributed by atoms with Crippen LogP contribution in [0.15, 0.2) is 41.6 Å².